The average molecular weight is 544 g/mol. The Bertz CT molecular complexity index is 1450. The van der Waals surface area contributed by atoms with Crippen molar-refractivity contribution in [3.63, 3.8) is 0 Å². The molecule has 1 fully saturated rings. The molecule has 0 spiro atoms. The lowest BCUT2D eigenvalue weighted by atomic mass is 10.1. The van der Waals surface area contributed by atoms with E-state index in [1.54, 1.807) is 31.0 Å². The van der Waals surface area contributed by atoms with Crippen LogP contribution in [-0.4, -0.2) is 58.9 Å². The highest BCUT2D eigenvalue weighted by molar-refractivity contribution is 7.98. The second kappa shape index (κ2) is 12.2. The maximum atomic E-state index is 14.1. The van der Waals surface area contributed by atoms with Gasteiger partial charge in [0.1, 0.15) is 11.6 Å². The van der Waals surface area contributed by atoms with Gasteiger partial charge in [-0.2, -0.15) is 0 Å². The molecule has 1 aliphatic heterocycles. The van der Waals surface area contributed by atoms with Crippen LogP contribution in [0.1, 0.15) is 15.9 Å². The number of hydrogen-bond acceptors (Lipinski definition) is 6. The van der Waals surface area contributed by atoms with Gasteiger partial charge in [-0.15, -0.1) is 16.8 Å². The van der Waals surface area contributed by atoms with Gasteiger partial charge < -0.3 is 14.5 Å². The summed E-state index contributed by atoms with van der Waals surface area (Å²) in [5.41, 5.74) is 3.24. The molecule has 0 aliphatic carbocycles. The van der Waals surface area contributed by atoms with E-state index >= 15 is 0 Å². The lowest BCUT2D eigenvalue weighted by molar-refractivity contribution is 0.0746. The van der Waals surface area contributed by atoms with Crippen molar-refractivity contribution in [3.05, 3.63) is 102 Å². The number of amides is 1. The Balaban J connectivity index is 1.20. The Hall–Kier alpha value is -4.11. The van der Waals surface area contributed by atoms with Crippen molar-refractivity contribution in [2.45, 2.75) is 17.5 Å². The normalized spacial score (nSPS) is 13.4. The number of aromatic nitrogens is 3. The van der Waals surface area contributed by atoms with Gasteiger partial charge >= 0.3 is 0 Å². The van der Waals surface area contributed by atoms with E-state index in [1.165, 1.54) is 6.07 Å². The Morgan fingerprint density at radius 2 is 1.79 bits per heavy atom. The van der Waals surface area contributed by atoms with Gasteiger partial charge in [-0.1, -0.05) is 54.2 Å². The smallest absolute Gasteiger partial charge is 0.253 e. The van der Waals surface area contributed by atoms with Gasteiger partial charge in [-0.3, -0.25) is 9.36 Å². The maximum absolute atomic E-state index is 14.1. The first-order valence-electron chi connectivity index (χ1n) is 12.8. The number of ether oxygens (including phenoxy) is 1. The van der Waals surface area contributed by atoms with E-state index in [1.807, 2.05) is 75.0 Å². The van der Waals surface area contributed by atoms with Gasteiger partial charge in [0.25, 0.3) is 5.91 Å². The first-order chi connectivity index (χ1) is 19.1. The number of para-hydroxylation sites is 1. The van der Waals surface area contributed by atoms with Gasteiger partial charge in [-0.25, -0.2) is 4.39 Å². The molecule has 39 heavy (non-hydrogen) atoms. The highest BCUT2D eigenvalue weighted by atomic mass is 32.2. The maximum Gasteiger partial charge on any atom is 0.253 e. The van der Waals surface area contributed by atoms with Gasteiger partial charge in [0.05, 0.1) is 12.8 Å². The zero-order valence-electron chi connectivity index (χ0n) is 21.8. The molecule has 1 saturated heterocycles. The largest absolute Gasteiger partial charge is 0.497 e. The fourth-order valence-electron chi connectivity index (χ4n) is 4.60. The fraction of sp³-hybridized carbons (Fsp3) is 0.233. The highest BCUT2D eigenvalue weighted by Gasteiger charge is 2.23. The molecule has 200 valence electrons. The minimum Gasteiger partial charge on any atom is -0.497 e. The van der Waals surface area contributed by atoms with Gasteiger partial charge in [-0.05, 0) is 42.0 Å². The van der Waals surface area contributed by atoms with Crippen molar-refractivity contribution in [2.24, 2.45) is 0 Å². The molecule has 0 bridgehead atoms. The van der Waals surface area contributed by atoms with E-state index < -0.39 is 0 Å². The highest BCUT2D eigenvalue weighted by Crippen LogP contribution is 2.28. The van der Waals surface area contributed by atoms with Crippen LogP contribution in [0, 0.1) is 5.82 Å². The Morgan fingerprint density at radius 3 is 2.51 bits per heavy atom. The van der Waals surface area contributed by atoms with E-state index in [0.29, 0.717) is 49.7 Å². The molecule has 1 aromatic heterocycles. The van der Waals surface area contributed by atoms with Crippen LogP contribution in [0.5, 0.6) is 5.75 Å². The standard InChI is InChI=1S/C30H30FN5O2S/c1-3-15-36-28(24-7-6-8-25(20-24)38-2)32-33-30(36)39-21-22-11-13-23(14-12-22)29(37)35-18-16-34(17-19-35)27-10-5-4-9-26(27)31/h3-14,20H,1,15-19,21H2,2H3. The van der Waals surface area contributed by atoms with Gasteiger partial charge in [0.2, 0.25) is 0 Å². The van der Waals surface area contributed by atoms with E-state index in [-0.39, 0.29) is 11.7 Å². The molecule has 1 aliphatic rings. The summed E-state index contributed by atoms with van der Waals surface area (Å²) in [4.78, 5) is 16.9. The molecule has 1 amide bonds. The van der Waals surface area contributed by atoms with Crippen LogP contribution in [0.4, 0.5) is 10.1 Å². The summed E-state index contributed by atoms with van der Waals surface area (Å²) < 4.78 is 21.5. The van der Waals surface area contributed by atoms with E-state index in [4.69, 9.17) is 4.74 Å². The summed E-state index contributed by atoms with van der Waals surface area (Å²) in [5.74, 6) is 1.97. The van der Waals surface area contributed by atoms with E-state index in [9.17, 15) is 9.18 Å². The number of halogens is 1. The Morgan fingerprint density at radius 1 is 1.03 bits per heavy atom. The number of piperazine rings is 1. The van der Waals surface area contributed by atoms with Crippen LogP contribution in [0.25, 0.3) is 11.4 Å². The molecule has 9 heteroatoms. The van der Waals surface area contributed by atoms with Crippen molar-refractivity contribution in [1.82, 2.24) is 19.7 Å². The lowest BCUT2D eigenvalue weighted by Crippen LogP contribution is -2.49. The lowest BCUT2D eigenvalue weighted by Gasteiger charge is -2.36. The fourth-order valence-corrected chi connectivity index (χ4v) is 5.50. The van der Waals surface area contributed by atoms with Gasteiger partial charge in [0, 0.05) is 49.6 Å². The molecule has 0 radical (unpaired) electrons. The molecular formula is C30H30FN5O2S. The quantitative estimate of drug-likeness (QED) is 0.204. The number of carbonyl (C=O) groups is 1. The topological polar surface area (TPSA) is 63.5 Å². The third-order valence-electron chi connectivity index (χ3n) is 6.69. The number of rotatable bonds is 9. The number of thioether (sulfide) groups is 1. The summed E-state index contributed by atoms with van der Waals surface area (Å²) in [6.07, 6.45) is 1.83. The summed E-state index contributed by atoms with van der Waals surface area (Å²) in [7, 11) is 1.64. The number of carbonyl (C=O) groups excluding carboxylic acids is 1. The van der Waals surface area contributed by atoms with Crippen molar-refractivity contribution < 1.29 is 13.9 Å². The van der Waals surface area contributed by atoms with Crippen LogP contribution >= 0.6 is 11.8 Å². The SMILES string of the molecule is C=CCn1c(SCc2ccc(C(=O)N3CCN(c4ccccc4F)CC3)cc2)nnc1-c1cccc(OC)c1. The van der Waals surface area contributed by atoms with Crippen LogP contribution < -0.4 is 9.64 Å². The van der Waals surface area contributed by atoms with Crippen molar-refractivity contribution >= 4 is 23.4 Å². The molecule has 3 aromatic carbocycles. The third kappa shape index (κ3) is 5.98. The molecule has 0 atom stereocenters. The molecule has 2 heterocycles. The van der Waals surface area contributed by atoms with Crippen molar-refractivity contribution in [3.8, 4) is 17.1 Å². The van der Waals surface area contributed by atoms with Crippen molar-refractivity contribution in [1.29, 1.82) is 0 Å². The monoisotopic (exact) mass is 543 g/mol. The first kappa shape index (κ1) is 26.5. The van der Waals surface area contributed by atoms with Crippen LogP contribution in [0.3, 0.4) is 0 Å². The molecule has 4 aromatic rings. The second-order valence-electron chi connectivity index (χ2n) is 9.15. The predicted molar refractivity (Wildman–Crippen MR) is 153 cm³/mol. The van der Waals surface area contributed by atoms with Crippen molar-refractivity contribution in [2.75, 3.05) is 38.2 Å². The molecule has 0 saturated carbocycles. The summed E-state index contributed by atoms with van der Waals surface area (Å²) >= 11 is 1.59. The van der Waals surface area contributed by atoms with Crippen LogP contribution in [-0.2, 0) is 12.3 Å². The molecule has 0 unspecified atom stereocenters. The molecule has 0 N–H and O–H groups in total. The number of allylic oxidation sites excluding steroid dienone is 1. The number of nitrogens with zero attached hydrogens (tertiary/aromatic N) is 5. The van der Waals surface area contributed by atoms with Crippen LogP contribution in [0.15, 0.2) is 90.6 Å². The minimum atomic E-state index is -0.231. The summed E-state index contributed by atoms with van der Waals surface area (Å²) in [5, 5.41) is 9.64. The first-order valence-corrected chi connectivity index (χ1v) is 13.7. The summed E-state index contributed by atoms with van der Waals surface area (Å²) in [6.45, 7) is 6.78. The number of anilines is 1. The summed E-state index contributed by atoms with van der Waals surface area (Å²) in [6, 6.07) is 22.2. The Labute approximate surface area is 231 Å². The van der Waals surface area contributed by atoms with Crippen LogP contribution in [0.2, 0.25) is 0 Å². The second-order valence-corrected chi connectivity index (χ2v) is 10.1. The number of hydrogen-bond donors (Lipinski definition) is 0. The zero-order valence-corrected chi connectivity index (χ0v) is 22.6. The molecule has 5 rings (SSSR count). The molecular weight excluding hydrogens is 513 g/mol. The molecule has 7 nitrogen and oxygen atoms in total. The van der Waals surface area contributed by atoms with E-state index in [2.05, 4.69) is 16.8 Å². The minimum absolute atomic E-state index is 0.00366. The third-order valence-corrected chi connectivity index (χ3v) is 7.72. The number of benzene rings is 3. The van der Waals surface area contributed by atoms with Gasteiger partial charge in [0.15, 0.2) is 11.0 Å². The van der Waals surface area contributed by atoms with E-state index in [0.717, 1.165) is 27.9 Å². The zero-order chi connectivity index (χ0) is 27.2. The predicted octanol–water partition coefficient (Wildman–Crippen LogP) is 5.53. The number of methoxy groups -OCH3 is 1. The Kier molecular flexibility index (Phi) is 8.27. The average Bonchev–Trinajstić information content (AvgIpc) is 3.39.